The van der Waals surface area contributed by atoms with Crippen LogP contribution in [0.4, 0.5) is 0 Å². The number of nitrogens with one attached hydrogen (secondary N) is 1. The van der Waals surface area contributed by atoms with Gasteiger partial charge in [0.15, 0.2) is 0 Å². The van der Waals surface area contributed by atoms with Crippen molar-refractivity contribution in [2.75, 3.05) is 13.1 Å². The van der Waals surface area contributed by atoms with Gasteiger partial charge >= 0.3 is 0 Å². The number of aromatic amines is 1. The number of rotatable bonds is 3. The lowest BCUT2D eigenvalue weighted by atomic mass is 9.97. The SMILES string of the molecule is Cc1noc(C)c1-c1cc(C(N)=O)c2c(c1)[nH]c1ccc(C(=O)N3C[C@@H](C)O[C@@H](C)C3)cc12. The number of hydrogen-bond donors (Lipinski definition) is 2. The first-order chi connectivity index (χ1) is 15.7. The lowest BCUT2D eigenvalue weighted by molar-refractivity contribution is -0.0586. The number of primary amides is 1. The molecule has 33 heavy (non-hydrogen) atoms. The average Bonchev–Trinajstić information content (AvgIpc) is 3.30. The first-order valence-electron chi connectivity index (χ1n) is 11.0. The molecule has 3 heterocycles. The number of amides is 2. The van der Waals surface area contributed by atoms with E-state index in [4.69, 9.17) is 15.0 Å². The molecule has 2 aromatic carbocycles. The third-order valence-electron chi connectivity index (χ3n) is 6.24. The van der Waals surface area contributed by atoms with E-state index in [0.717, 1.165) is 33.2 Å². The molecule has 1 fully saturated rings. The lowest BCUT2D eigenvalue weighted by Gasteiger charge is -2.35. The Hall–Kier alpha value is -3.65. The predicted octanol–water partition coefficient (Wildman–Crippen LogP) is 3.94. The summed E-state index contributed by atoms with van der Waals surface area (Å²) in [5.41, 5.74) is 10.7. The fourth-order valence-electron chi connectivity index (χ4n) is 4.93. The third kappa shape index (κ3) is 3.56. The lowest BCUT2D eigenvalue weighted by Crippen LogP contribution is -2.48. The molecule has 5 rings (SSSR count). The van der Waals surface area contributed by atoms with Gasteiger partial charge in [0, 0.05) is 51.6 Å². The molecule has 0 radical (unpaired) electrons. The van der Waals surface area contributed by atoms with Gasteiger partial charge in [0.05, 0.1) is 17.9 Å². The van der Waals surface area contributed by atoms with Crippen LogP contribution in [0.5, 0.6) is 0 Å². The number of H-pyrrole nitrogens is 1. The Balaban J connectivity index is 1.65. The quantitative estimate of drug-likeness (QED) is 0.495. The number of ether oxygens (including phenoxy) is 1. The molecule has 3 N–H and O–H groups in total. The van der Waals surface area contributed by atoms with Gasteiger partial charge in [0.1, 0.15) is 5.76 Å². The van der Waals surface area contributed by atoms with E-state index in [2.05, 4.69) is 10.1 Å². The maximum Gasteiger partial charge on any atom is 0.254 e. The molecule has 8 heteroatoms. The predicted molar refractivity (Wildman–Crippen MR) is 125 cm³/mol. The number of fused-ring (bicyclic) bond motifs is 3. The monoisotopic (exact) mass is 446 g/mol. The summed E-state index contributed by atoms with van der Waals surface area (Å²) in [5, 5.41) is 5.51. The van der Waals surface area contributed by atoms with Crippen LogP contribution in [0.3, 0.4) is 0 Å². The van der Waals surface area contributed by atoms with Crippen molar-refractivity contribution in [1.29, 1.82) is 0 Å². The molecular formula is C25H26N4O4. The van der Waals surface area contributed by atoms with Crippen LogP contribution in [-0.2, 0) is 4.74 Å². The molecule has 0 spiro atoms. The van der Waals surface area contributed by atoms with Gasteiger partial charge in [-0.1, -0.05) is 5.16 Å². The Kier molecular flexibility index (Phi) is 4.97. The highest BCUT2D eigenvalue weighted by molar-refractivity contribution is 6.19. The molecule has 170 valence electrons. The summed E-state index contributed by atoms with van der Waals surface area (Å²) in [4.78, 5) is 30.9. The minimum Gasteiger partial charge on any atom is -0.372 e. The maximum atomic E-state index is 13.2. The number of carbonyl (C=O) groups is 2. The van der Waals surface area contributed by atoms with E-state index in [1.165, 1.54) is 0 Å². The zero-order valence-electron chi connectivity index (χ0n) is 19.1. The molecule has 2 atom stereocenters. The smallest absolute Gasteiger partial charge is 0.254 e. The molecule has 0 aliphatic carbocycles. The van der Waals surface area contributed by atoms with Gasteiger partial charge < -0.3 is 24.9 Å². The van der Waals surface area contributed by atoms with E-state index in [9.17, 15) is 9.59 Å². The van der Waals surface area contributed by atoms with Crippen LogP contribution in [0.1, 0.15) is 46.0 Å². The van der Waals surface area contributed by atoms with Crippen molar-refractivity contribution in [3.05, 3.63) is 52.9 Å². The van der Waals surface area contributed by atoms with Crippen molar-refractivity contribution in [1.82, 2.24) is 15.0 Å². The van der Waals surface area contributed by atoms with Crippen molar-refractivity contribution in [3.8, 4) is 11.1 Å². The van der Waals surface area contributed by atoms with Gasteiger partial charge in [-0.3, -0.25) is 9.59 Å². The van der Waals surface area contributed by atoms with E-state index >= 15 is 0 Å². The fourth-order valence-corrected chi connectivity index (χ4v) is 4.93. The number of nitrogens with zero attached hydrogens (tertiary/aromatic N) is 2. The minimum atomic E-state index is -0.540. The van der Waals surface area contributed by atoms with E-state index in [1.807, 2.05) is 56.9 Å². The fraction of sp³-hybridized carbons (Fsp3) is 0.320. The number of morpholine rings is 1. The van der Waals surface area contributed by atoms with Crippen LogP contribution in [-0.4, -0.2) is 52.2 Å². The highest BCUT2D eigenvalue weighted by Gasteiger charge is 2.27. The summed E-state index contributed by atoms with van der Waals surface area (Å²) in [7, 11) is 0. The van der Waals surface area contributed by atoms with Crippen LogP contribution < -0.4 is 5.73 Å². The Labute approximate surface area is 190 Å². The number of benzene rings is 2. The van der Waals surface area contributed by atoms with Gasteiger partial charge in [-0.05, 0) is 63.6 Å². The van der Waals surface area contributed by atoms with Crippen molar-refractivity contribution >= 4 is 33.6 Å². The van der Waals surface area contributed by atoms with Crippen molar-refractivity contribution < 1.29 is 18.8 Å². The second kappa shape index (κ2) is 7.74. The second-order valence-electron chi connectivity index (χ2n) is 8.86. The first kappa shape index (κ1) is 21.2. The normalized spacial score (nSPS) is 18.8. The minimum absolute atomic E-state index is 0.0151. The van der Waals surface area contributed by atoms with Gasteiger partial charge in [0.2, 0.25) is 5.91 Å². The van der Waals surface area contributed by atoms with Crippen LogP contribution in [0.2, 0.25) is 0 Å². The molecule has 1 aliphatic heterocycles. The molecule has 2 aromatic heterocycles. The van der Waals surface area contributed by atoms with Crippen molar-refractivity contribution in [2.24, 2.45) is 5.73 Å². The van der Waals surface area contributed by atoms with Crippen LogP contribution in [0, 0.1) is 13.8 Å². The van der Waals surface area contributed by atoms with Crippen molar-refractivity contribution in [3.63, 3.8) is 0 Å². The number of nitrogens with two attached hydrogens (primary N) is 1. The average molecular weight is 447 g/mol. The Bertz CT molecular complexity index is 1390. The summed E-state index contributed by atoms with van der Waals surface area (Å²) in [6.45, 7) is 8.71. The largest absolute Gasteiger partial charge is 0.372 e. The molecule has 0 saturated carbocycles. The molecule has 8 nitrogen and oxygen atoms in total. The topological polar surface area (TPSA) is 114 Å². The number of carbonyl (C=O) groups excluding carboxylic acids is 2. The second-order valence-corrected chi connectivity index (χ2v) is 8.86. The van der Waals surface area contributed by atoms with E-state index in [0.29, 0.717) is 35.4 Å². The Morgan fingerprint density at radius 3 is 2.45 bits per heavy atom. The van der Waals surface area contributed by atoms with Gasteiger partial charge in [-0.25, -0.2) is 0 Å². The van der Waals surface area contributed by atoms with Crippen LogP contribution in [0.15, 0.2) is 34.9 Å². The van der Waals surface area contributed by atoms with E-state index < -0.39 is 5.91 Å². The van der Waals surface area contributed by atoms with Gasteiger partial charge in [0.25, 0.3) is 5.91 Å². The first-order valence-corrected chi connectivity index (χ1v) is 11.0. The van der Waals surface area contributed by atoms with Gasteiger partial charge in [-0.15, -0.1) is 0 Å². The standard InChI is InChI=1S/C25H26N4O4/c1-12-10-29(11-13(2)32-12)25(31)16-5-6-20-18(7-16)23-19(24(26)30)8-17(9-21(23)27-20)22-14(3)28-33-15(22)4/h5-9,12-13,27H,10-11H2,1-4H3,(H2,26,30)/t12-,13+. The number of aryl methyl sites for hydroxylation is 2. The summed E-state index contributed by atoms with van der Waals surface area (Å²) < 4.78 is 11.1. The van der Waals surface area contributed by atoms with Crippen LogP contribution in [0.25, 0.3) is 32.9 Å². The molecule has 1 aliphatic rings. The van der Waals surface area contributed by atoms with Gasteiger partial charge in [-0.2, -0.15) is 0 Å². The molecule has 4 aromatic rings. The Morgan fingerprint density at radius 2 is 1.82 bits per heavy atom. The zero-order valence-corrected chi connectivity index (χ0v) is 19.1. The molecule has 0 unspecified atom stereocenters. The molecule has 1 saturated heterocycles. The summed E-state index contributed by atoms with van der Waals surface area (Å²) in [6, 6.07) is 9.25. The Morgan fingerprint density at radius 1 is 1.09 bits per heavy atom. The zero-order chi connectivity index (χ0) is 23.4. The number of aromatic nitrogens is 2. The van der Waals surface area contributed by atoms with E-state index in [-0.39, 0.29) is 18.1 Å². The highest BCUT2D eigenvalue weighted by atomic mass is 16.5. The summed E-state index contributed by atoms with van der Waals surface area (Å²) >= 11 is 0. The highest BCUT2D eigenvalue weighted by Crippen LogP contribution is 2.35. The van der Waals surface area contributed by atoms with E-state index in [1.54, 1.807) is 6.07 Å². The van der Waals surface area contributed by atoms with Crippen molar-refractivity contribution in [2.45, 2.75) is 39.9 Å². The molecular weight excluding hydrogens is 420 g/mol. The molecule has 2 amide bonds. The summed E-state index contributed by atoms with van der Waals surface area (Å²) in [5.74, 6) is 0.0727. The van der Waals surface area contributed by atoms with Crippen LogP contribution >= 0.6 is 0 Å². The number of hydrogen-bond acceptors (Lipinski definition) is 5. The molecule has 0 bridgehead atoms. The maximum absolute atomic E-state index is 13.2. The summed E-state index contributed by atoms with van der Waals surface area (Å²) in [6.07, 6.45) is -0.0301. The third-order valence-corrected chi connectivity index (χ3v) is 6.24.